The van der Waals surface area contributed by atoms with Gasteiger partial charge >= 0.3 is 51.4 Å². The molecule has 0 atom stereocenters. The third kappa shape index (κ3) is 12.8. The number of unbranched alkanes of at least 4 members (excludes halogenated alkanes) is 3. The summed E-state index contributed by atoms with van der Waals surface area (Å²) in [6, 6.07) is 0. The molecule has 0 heterocycles. The Morgan fingerprint density at radius 1 is 1.46 bits per heavy atom. The van der Waals surface area contributed by atoms with Crippen LogP contribution in [-0.2, 0) is 17.4 Å². The molecule has 0 radical (unpaired) electrons. The van der Waals surface area contributed by atoms with Gasteiger partial charge in [0.15, 0.2) is 0 Å². The molecular formula is C8H13KN2OS. The van der Waals surface area contributed by atoms with Gasteiger partial charge in [0.2, 0.25) is 6.19 Å². The summed E-state index contributed by atoms with van der Waals surface area (Å²) in [7, 11) is 0. The van der Waals surface area contributed by atoms with E-state index in [1.165, 1.54) is 12.8 Å². The molecule has 0 fully saturated rings. The van der Waals surface area contributed by atoms with E-state index in [1.54, 1.807) is 6.19 Å². The molecule has 0 aromatic carbocycles. The van der Waals surface area contributed by atoms with Gasteiger partial charge in [-0.25, -0.2) is 0 Å². The Bertz CT molecular complexity index is 179. The maximum Gasteiger partial charge on any atom is 1.00 e. The van der Waals surface area contributed by atoms with Crippen molar-refractivity contribution >= 4 is 17.9 Å². The van der Waals surface area contributed by atoms with Crippen molar-refractivity contribution in [2.45, 2.75) is 32.6 Å². The predicted molar refractivity (Wildman–Crippen MR) is 50.5 cm³/mol. The van der Waals surface area contributed by atoms with Gasteiger partial charge in [0, 0.05) is 0 Å². The summed E-state index contributed by atoms with van der Waals surface area (Å²) in [6.07, 6.45) is 6.12. The van der Waals surface area contributed by atoms with Crippen molar-refractivity contribution in [1.29, 1.82) is 5.26 Å². The second kappa shape index (κ2) is 12.8. The number of ether oxygens (including phenoxy) is 1. The Morgan fingerprint density at radius 3 is 2.69 bits per heavy atom. The van der Waals surface area contributed by atoms with Crippen LogP contribution in [0.2, 0.25) is 0 Å². The van der Waals surface area contributed by atoms with Crippen molar-refractivity contribution in [2.24, 2.45) is 4.99 Å². The molecule has 5 heteroatoms. The average Bonchev–Trinajstić information content (AvgIpc) is 2.05. The first-order valence-corrected chi connectivity index (χ1v) is 4.48. The van der Waals surface area contributed by atoms with Gasteiger partial charge in [0.25, 0.3) is 0 Å². The number of hydrogen-bond donors (Lipinski definition) is 0. The van der Waals surface area contributed by atoms with Crippen LogP contribution >= 0.6 is 0 Å². The topological polar surface area (TPSA) is 45.4 Å². The fourth-order valence-corrected chi connectivity index (χ4v) is 0.886. The molecule has 0 bridgehead atoms. The van der Waals surface area contributed by atoms with Crippen LogP contribution in [0.25, 0.3) is 0 Å². The third-order valence-electron chi connectivity index (χ3n) is 1.36. The summed E-state index contributed by atoms with van der Waals surface area (Å²) in [4.78, 5) is 3.26. The molecule has 0 aliphatic rings. The van der Waals surface area contributed by atoms with Crippen molar-refractivity contribution in [3.8, 4) is 6.19 Å². The van der Waals surface area contributed by atoms with Crippen LogP contribution in [0.1, 0.15) is 32.6 Å². The molecule has 0 saturated carbocycles. The zero-order chi connectivity index (χ0) is 9.23. The first-order valence-electron chi connectivity index (χ1n) is 4.07. The fraction of sp³-hybridized carbons (Fsp3) is 0.750. The normalized spacial score (nSPS) is 10.0. The summed E-state index contributed by atoms with van der Waals surface area (Å²) < 4.78 is 4.97. The van der Waals surface area contributed by atoms with Gasteiger partial charge in [0.05, 0.1) is 11.8 Å². The van der Waals surface area contributed by atoms with Gasteiger partial charge in [-0.1, -0.05) is 26.2 Å². The van der Waals surface area contributed by atoms with E-state index in [1.807, 2.05) is 0 Å². The summed E-state index contributed by atoms with van der Waals surface area (Å²) in [5, 5.41) is 8.14. The molecule has 0 aliphatic carbocycles. The van der Waals surface area contributed by atoms with Crippen LogP contribution in [0.15, 0.2) is 4.99 Å². The van der Waals surface area contributed by atoms with Crippen LogP contribution in [0.4, 0.5) is 0 Å². The van der Waals surface area contributed by atoms with Crippen LogP contribution in [0.3, 0.4) is 0 Å². The van der Waals surface area contributed by atoms with E-state index < -0.39 is 0 Å². The van der Waals surface area contributed by atoms with Gasteiger partial charge in [-0.05, 0) is 6.42 Å². The number of aliphatic imine (C=N–C) groups is 1. The molecule has 0 unspecified atom stereocenters. The molecule has 3 nitrogen and oxygen atoms in total. The predicted octanol–water partition coefficient (Wildman–Crippen LogP) is -1.03. The maximum atomic E-state index is 8.09. The van der Waals surface area contributed by atoms with Gasteiger partial charge in [-0.2, -0.15) is 10.3 Å². The SMILES string of the molecule is CCCCCCOC([S-])=NC#N.[K+]. The number of hydrogen-bond acceptors (Lipinski definition) is 4. The first-order chi connectivity index (χ1) is 5.81. The number of rotatable bonds is 5. The Labute approximate surface area is 128 Å². The van der Waals surface area contributed by atoms with Gasteiger partial charge in [0.1, 0.15) is 0 Å². The Hall–Kier alpha value is 0.816. The molecule has 0 aliphatic heterocycles. The number of nitrogens with zero attached hydrogens (tertiary/aromatic N) is 2. The quantitative estimate of drug-likeness (QED) is 0.150. The van der Waals surface area contributed by atoms with Crippen LogP contribution in [0.5, 0.6) is 0 Å². The zero-order valence-corrected chi connectivity index (χ0v) is 12.2. The van der Waals surface area contributed by atoms with Crippen LogP contribution < -0.4 is 51.4 Å². The Morgan fingerprint density at radius 2 is 2.15 bits per heavy atom. The van der Waals surface area contributed by atoms with E-state index in [4.69, 9.17) is 10.00 Å². The molecule has 13 heavy (non-hydrogen) atoms. The summed E-state index contributed by atoms with van der Waals surface area (Å²) >= 11 is 4.62. The average molecular weight is 224 g/mol. The molecule has 0 spiro atoms. The van der Waals surface area contributed by atoms with E-state index in [2.05, 4.69) is 24.5 Å². The van der Waals surface area contributed by atoms with E-state index in [0.29, 0.717) is 6.61 Å². The van der Waals surface area contributed by atoms with Crippen LogP contribution in [0, 0.1) is 11.5 Å². The van der Waals surface area contributed by atoms with Crippen molar-refractivity contribution in [1.82, 2.24) is 0 Å². The second-order valence-electron chi connectivity index (χ2n) is 2.39. The van der Waals surface area contributed by atoms with Crippen LogP contribution in [-0.4, -0.2) is 11.8 Å². The molecule has 0 amide bonds. The third-order valence-corrected chi connectivity index (χ3v) is 1.57. The minimum Gasteiger partial charge on any atom is -0.721 e. The molecule has 0 aromatic heterocycles. The first kappa shape index (κ1) is 16.3. The fourth-order valence-electron chi connectivity index (χ4n) is 0.761. The monoisotopic (exact) mass is 224 g/mol. The molecule has 0 saturated heterocycles. The minimum atomic E-state index is 0. The standard InChI is InChI=1S/C8H14N2OS.K/c1-2-3-4-5-6-11-8(12)10-7-9;/h2-6H2,1H3,(H,10,12);/q;+1/p-1. The smallest absolute Gasteiger partial charge is 0.721 e. The van der Waals surface area contributed by atoms with E-state index >= 15 is 0 Å². The number of nitriles is 1. The molecule has 68 valence electrons. The summed E-state index contributed by atoms with van der Waals surface area (Å²) in [6.45, 7) is 2.72. The Balaban J connectivity index is 0. The molecule has 0 N–H and O–H groups in total. The van der Waals surface area contributed by atoms with Crippen molar-refractivity contribution in [3.05, 3.63) is 0 Å². The van der Waals surface area contributed by atoms with E-state index in [0.717, 1.165) is 12.8 Å². The van der Waals surface area contributed by atoms with Gasteiger partial charge < -0.3 is 17.4 Å². The molecule has 0 aromatic rings. The minimum absolute atomic E-state index is 0. The van der Waals surface area contributed by atoms with Crippen molar-refractivity contribution < 1.29 is 56.1 Å². The maximum absolute atomic E-state index is 8.09. The van der Waals surface area contributed by atoms with Gasteiger partial charge in [-0.15, -0.1) is 0 Å². The molecule has 0 rings (SSSR count). The summed E-state index contributed by atoms with van der Waals surface area (Å²) in [5.74, 6) is 0. The van der Waals surface area contributed by atoms with Gasteiger partial charge in [-0.3, -0.25) is 0 Å². The van der Waals surface area contributed by atoms with E-state index in [9.17, 15) is 0 Å². The Kier molecular flexibility index (Phi) is 16.0. The summed E-state index contributed by atoms with van der Waals surface area (Å²) in [5.41, 5.74) is 0. The second-order valence-corrected chi connectivity index (χ2v) is 2.74. The van der Waals surface area contributed by atoms with Crippen molar-refractivity contribution in [2.75, 3.05) is 6.61 Å². The van der Waals surface area contributed by atoms with Crippen molar-refractivity contribution in [3.63, 3.8) is 0 Å². The van der Waals surface area contributed by atoms with E-state index in [-0.39, 0.29) is 56.6 Å². The zero-order valence-electron chi connectivity index (χ0n) is 8.25. The molecular weight excluding hydrogens is 211 g/mol. The largest absolute Gasteiger partial charge is 1.00 e.